The Balaban J connectivity index is 1.85. The van der Waals surface area contributed by atoms with Crippen molar-refractivity contribution in [3.63, 3.8) is 0 Å². The summed E-state index contributed by atoms with van der Waals surface area (Å²) in [6, 6.07) is 24.0. The number of nitrogens with two attached hydrogens (primary N) is 1. The zero-order chi connectivity index (χ0) is 19.5. The van der Waals surface area contributed by atoms with Gasteiger partial charge in [0.2, 0.25) is 5.95 Å². The van der Waals surface area contributed by atoms with Crippen molar-refractivity contribution in [2.24, 2.45) is 0 Å². The van der Waals surface area contributed by atoms with Gasteiger partial charge in [-0.1, -0.05) is 36.4 Å². The molecule has 28 heavy (non-hydrogen) atoms. The van der Waals surface area contributed by atoms with Crippen LogP contribution in [0, 0.1) is 0 Å². The lowest BCUT2D eigenvalue weighted by atomic mass is 10.0. The third-order valence-corrected chi connectivity index (χ3v) is 5.09. The standard InChI is InChI=1S/C22H19BrN4O/c1-2-28-18-10-6-7-15(13-18)16-11-12-20-19(14-16)21(26-22(24)25-20)27(23)17-8-4-3-5-9-17/h3-14H,2H2,1H3,(H2,24,25,26). The third kappa shape index (κ3) is 3.64. The van der Waals surface area contributed by atoms with Crippen molar-refractivity contribution >= 4 is 44.5 Å². The average Bonchev–Trinajstić information content (AvgIpc) is 2.73. The van der Waals surface area contributed by atoms with Crippen LogP contribution in [0.25, 0.3) is 22.0 Å². The Labute approximate surface area is 172 Å². The molecular formula is C22H19BrN4O. The highest BCUT2D eigenvalue weighted by Crippen LogP contribution is 2.35. The average molecular weight is 435 g/mol. The first-order chi connectivity index (χ1) is 13.7. The first-order valence-corrected chi connectivity index (χ1v) is 9.68. The van der Waals surface area contributed by atoms with Gasteiger partial charge in [-0.3, -0.25) is 3.93 Å². The second-order valence-corrected chi connectivity index (χ2v) is 6.92. The molecule has 0 unspecified atom stereocenters. The largest absolute Gasteiger partial charge is 0.494 e. The minimum Gasteiger partial charge on any atom is -0.494 e. The predicted octanol–water partition coefficient (Wildman–Crippen LogP) is 5.73. The molecule has 5 nitrogen and oxygen atoms in total. The molecule has 0 spiro atoms. The van der Waals surface area contributed by atoms with E-state index in [4.69, 9.17) is 10.5 Å². The number of para-hydroxylation sites is 1. The molecule has 0 aliphatic heterocycles. The Morgan fingerprint density at radius 1 is 0.929 bits per heavy atom. The molecule has 140 valence electrons. The molecular weight excluding hydrogens is 416 g/mol. The van der Waals surface area contributed by atoms with Crippen LogP contribution in [0.2, 0.25) is 0 Å². The van der Waals surface area contributed by atoms with Crippen LogP contribution < -0.4 is 14.4 Å². The molecule has 1 aromatic heterocycles. The number of nitrogens with zero attached hydrogens (tertiary/aromatic N) is 3. The maximum Gasteiger partial charge on any atom is 0.222 e. The van der Waals surface area contributed by atoms with Crippen LogP contribution in [0.1, 0.15) is 6.92 Å². The summed E-state index contributed by atoms with van der Waals surface area (Å²) in [5.74, 6) is 1.77. The van der Waals surface area contributed by atoms with Crippen LogP contribution >= 0.6 is 16.1 Å². The van der Waals surface area contributed by atoms with Crippen LogP contribution in [0.15, 0.2) is 72.8 Å². The quantitative estimate of drug-likeness (QED) is 0.406. The Bertz CT molecular complexity index is 1120. The van der Waals surface area contributed by atoms with Gasteiger partial charge < -0.3 is 10.5 Å². The van der Waals surface area contributed by atoms with Crippen LogP contribution in [-0.2, 0) is 0 Å². The lowest BCUT2D eigenvalue weighted by Crippen LogP contribution is -2.07. The summed E-state index contributed by atoms with van der Waals surface area (Å²) in [6.07, 6.45) is 0. The van der Waals surface area contributed by atoms with Crippen molar-refractivity contribution in [3.8, 4) is 16.9 Å². The van der Waals surface area contributed by atoms with Gasteiger partial charge in [0.05, 0.1) is 34.0 Å². The number of halogens is 1. The van der Waals surface area contributed by atoms with Gasteiger partial charge in [-0.15, -0.1) is 0 Å². The molecule has 0 saturated heterocycles. The number of benzene rings is 3. The summed E-state index contributed by atoms with van der Waals surface area (Å²) in [4.78, 5) is 8.87. The normalized spacial score (nSPS) is 10.8. The highest BCUT2D eigenvalue weighted by molar-refractivity contribution is 9.10. The molecule has 0 bridgehead atoms. The van der Waals surface area contributed by atoms with Crippen LogP contribution in [0.5, 0.6) is 5.75 Å². The van der Waals surface area contributed by atoms with E-state index in [-0.39, 0.29) is 5.95 Å². The summed E-state index contributed by atoms with van der Waals surface area (Å²) in [6.45, 7) is 2.61. The van der Waals surface area contributed by atoms with Crippen molar-refractivity contribution in [2.75, 3.05) is 16.3 Å². The highest BCUT2D eigenvalue weighted by Gasteiger charge is 2.15. The van der Waals surface area contributed by atoms with Crippen molar-refractivity contribution in [2.45, 2.75) is 6.92 Å². The summed E-state index contributed by atoms with van der Waals surface area (Å²) >= 11 is 3.63. The van der Waals surface area contributed by atoms with Gasteiger partial charge in [-0.2, -0.15) is 4.98 Å². The van der Waals surface area contributed by atoms with E-state index < -0.39 is 0 Å². The van der Waals surface area contributed by atoms with Gasteiger partial charge in [0.25, 0.3) is 0 Å². The second-order valence-electron chi connectivity index (χ2n) is 6.21. The van der Waals surface area contributed by atoms with Crippen LogP contribution in [-0.4, -0.2) is 16.6 Å². The number of ether oxygens (including phenoxy) is 1. The Kier molecular flexibility index (Phi) is 5.12. The van der Waals surface area contributed by atoms with Crippen molar-refractivity contribution in [1.29, 1.82) is 0 Å². The van der Waals surface area contributed by atoms with Crippen LogP contribution in [0.3, 0.4) is 0 Å². The molecule has 3 aromatic carbocycles. The molecule has 1 heterocycles. The topological polar surface area (TPSA) is 64.3 Å². The fourth-order valence-electron chi connectivity index (χ4n) is 3.07. The van der Waals surface area contributed by atoms with Gasteiger partial charge in [0, 0.05) is 5.39 Å². The van der Waals surface area contributed by atoms with E-state index in [1.54, 1.807) is 0 Å². The number of rotatable bonds is 5. The summed E-state index contributed by atoms with van der Waals surface area (Å²) in [5.41, 5.74) is 9.81. The lowest BCUT2D eigenvalue weighted by Gasteiger charge is -2.18. The van der Waals surface area contributed by atoms with E-state index in [1.807, 2.05) is 71.5 Å². The summed E-state index contributed by atoms with van der Waals surface area (Å²) in [5, 5.41) is 0.897. The fourth-order valence-corrected chi connectivity index (χ4v) is 3.58. The number of aromatic nitrogens is 2. The van der Waals surface area contributed by atoms with Gasteiger partial charge in [-0.25, -0.2) is 4.98 Å². The van der Waals surface area contributed by atoms with E-state index in [0.717, 1.165) is 33.5 Å². The molecule has 4 rings (SSSR count). The van der Waals surface area contributed by atoms with E-state index >= 15 is 0 Å². The van der Waals surface area contributed by atoms with Crippen molar-refractivity contribution in [3.05, 3.63) is 72.8 Å². The predicted molar refractivity (Wildman–Crippen MR) is 118 cm³/mol. The molecule has 0 aliphatic carbocycles. The van der Waals surface area contributed by atoms with Crippen molar-refractivity contribution < 1.29 is 4.74 Å². The SMILES string of the molecule is CCOc1cccc(-c2ccc3nc(N)nc(N(Br)c4ccccc4)c3c2)c1. The van der Waals surface area contributed by atoms with Gasteiger partial charge in [0.1, 0.15) is 5.75 Å². The molecule has 4 aromatic rings. The number of hydrogen-bond donors (Lipinski definition) is 1. The number of anilines is 3. The monoisotopic (exact) mass is 434 g/mol. The maximum atomic E-state index is 5.96. The second kappa shape index (κ2) is 7.86. The van der Waals surface area contributed by atoms with E-state index in [9.17, 15) is 0 Å². The Morgan fingerprint density at radius 3 is 2.50 bits per heavy atom. The molecule has 0 aliphatic rings. The first kappa shape index (κ1) is 18.3. The molecule has 0 radical (unpaired) electrons. The Hall–Kier alpha value is -3.12. The van der Waals surface area contributed by atoms with Gasteiger partial charge >= 0.3 is 0 Å². The maximum absolute atomic E-state index is 5.96. The van der Waals surface area contributed by atoms with E-state index in [2.05, 4.69) is 38.2 Å². The zero-order valence-corrected chi connectivity index (χ0v) is 16.9. The molecule has 0 atom stereocenters. The lowest BCUT2D eigenvalue weighted by molar-refractivity contribution is 0.340. The fraction of sp³-hybridized carbons (Fsp3) is 0.0909. The number of hydrogen-bond acceptors (Lipinski definition) is 5. The molecule has 0 saturated carbocycles. The highest BCUT2D eigenvalue weighted by atomic mass is 79.9. The molecule has 2 N–H and O–H groups in total. The molecule has 6 heteroatoms. The molecule has 0 amide bonds. The van der Waals surface area contributed by atoms with Crippen molar-refractivity contribution in [1.82, 2.24) is 9.97 Å². The molecule has 0 fully saturated rings. The third-order valence-electron chi connectivity index (χ3n) is 4.34. The first-order valence-electron chi connectivity index (χ1n) is 8.97. The smallest absolute Gasteiger partial charge is 0.222 e. The number of nitrogen functional groups attached to an aromatic ring is 1. The van der Waals surface area contributed by atoms with Gasteiger partial charge in [0.15, 0.2) is 5.82 Å². The summed E-state index contributed by atoms with van der Waals surface area (Å²) in [7, 11) is 0. The van der Waals surface area contributed by atoms with Gasteiger partial charge in [-0.05, 0) is 54.4 Å². The zero-order valence-electron chi connectivity index (χ0n) is 15.3. The minimum atomic E-state index is 0.231. The Morgan fingerprint density at radius 2 is 1.71 bits per heavy atom. The summed E-state index contributed by atoms with van der Waals surface area (Å²) < 4.78 is 7.48. The minimum absolute atomic E-state index is 0.231. The number of fused-ring (bicyclic) bond motifs is 1. The van der Waals surface area contributed by atoms with Crippen LogP contribution in [0.4, 0.5) is 17.5 Å². The van der Waals surface area contributed by atoms with E-state index in [1.165, 1.54) is 0 Å². The van der Waals surface area contributed by atoms with E-state index in [0.29, 0.717) is 12.4 Å².